The number of nitrogens with one attached hydrogen (secondary N) is 1. The summed E-state index contributed by atoms with van der Waals surface area (Å²) < 4.78 is 42.4. The van der Waals surface area contributed by atoms with Gasteiger partial charge in [-0.25, -0.2) is 4.98 Å². The highest BCUT2D eigenvalue weighted by molar-refractivity contribution is 7.09. The highest BCUT2D eigenvalue weighted by atomic mass is 32.1. The van der Waals surface area contributed by atoms with Gasteiger partial charge < -0.3 is 10.1 Å². The summed E-state index contributed by atoms with van der Waals surface area (Å²) in [5.41, 5.74) is 2.02. The molecule has 0 radical (unpaired) electrons. The van der Waals surface area contributed by atoms with Gasteiger partial charge in [-0.2, -0.15) is 9.61 Å². The van der Waals surface area contributed by atoms with Crippen LogP contribution < -0.4 is 10.1 Å². The first kappa shape index (κ1) is 17.3. The van der Waals surface area contributed by atoms with Gasteiger partial charge in [0.2, 0.25) is 0 Å². The Morgan fingerprint density at radius 3 is 2.63 bits per heavy atom. The van der Waals surface area contributed by atoms with Crippen LogP contribution in [0, 0.1) is 0 Å². The van der Waals surface area contributed by atoms with Gasteiger partial charge in [-0.1, -0.05) is 18.2 Å². The van der Waals surface area contributed by atoms with Crippen LogP contribution in [0.3, 0.4) is 0 Å². The summed E-state index contributed by atoms with van der Waals surface area (Å²) in [7, 11) is 0. The molecule has 0 aliphatic carbocycles. The average molecular weight is 390 g/mol. The molecule has 0 atom stereocenters. The molecule has 0 amide bonds. The standard InChI is InChI=1S/C18H13F3N4OS/c19-18(20,21)26-13-5-3-12(4-6-13)15-11-24-25-16(7-8-22-17(15)25)23-10-14-2-1-9-27-14/h1-9,11,23H,10H2. The Morgan fingerprint density at radius 1 is 1.11 bits per heavy atom. The van der Waals surface area contributed by atoms with E-state index in [0.29, 0.717) is 23.3 Å². The lowest BCUT2D eigenvalue weighted by atomic mass is 10.1. The first-order valence-electron chi connectivity index (χ1n) is 7.95. The number of ether oxygens (including phenoxy) is 1. The van der Waals surface area contributed by atoms with Crippen molar-refractivity contribution in [1.82, 2.24) is 14.6 Å². The molecule has 0 aliphatic rings. The second-order valence-electron chi connectivity index (χ2n) is 5.63. The predicted molar refractivity (Wildman–Crippen MR) is 96.8 cm³/mol. The van der Waals surface area contributed by atoms with Crippen LogP contribution in [0.1, 0.15) is 4.88 Å². The second kappa shape index (κ2) is 6.92. The zero-order valence-electron chi connectivity index (χ0n) is 13.8. The zero-order valence-corrected chi connectivity index (χ0v) is 14.6. The molecule has 1 aromatic carbocycles. The topological polar surface area (TPSA) is 51.5 Å². The van der Waals surface area contributed by atoms with Crippen molar-refractivity contribution in [2.75, 3.05) is 5.32 Å². The molecule has 1 N–H and O–H groups in total. The number of thiophene rings is 1. The Labute approximate surface area is 156 Å². The molecule has 0 unspecified atom stereocenters. The molecule has 4 rings (SSSR count). The fraction of sp³-hybridized carbons (Fsp3) is 0.111. The van der Waals surface area contributed by atoms with Crippen molar-refractivity contribution in [2.24, 2.45) is 0 Å². The largest absolute Gasteiger partial charge is 0.573 e. The predicted octanol–water partition coefficient (Wildman–Crippen LogP) is 4.97. The number of alkyl halides is 3. The Morgan fingerprint density at radius 2 is 1.93 bits per heavy atom. The molecule has 0 aliphatic heterocycles. The molecule has 0 fully saturated rings. The van der Waals surface area contributed by atoms with Crippen molar-refractivity contribution < 1.29 is 17.9 Å². The molecule has 5 nitrogen and oxygen atoms in total. The summed E-state index contributed by atoms with van der Waals surface area (Å²) >= 11 is 1.66. The van der Waals surface area contributed by atoms with Crippen molar-refractivity contribution in [2.45, 2.75) is 12.9 Å². The number of nitrogens with zero attached hydrogens (tertiary/aromatic N) is 3. The molecule has 0 saturated heterocycles. The number of fused-ring (bicyclic) bond motifs is 1. The Balaban J connectivity index is 1.60. The van der Waals surface area contributed by atoms with Crippen LogP contribution in [-0.4, -0.2) is 21.0 Å². The van der Waals surface area contributed by atoms with Gasteiger partial charge in [0.1, 0.15) is 11.6 Å². The van der Waals surface area contributed by atoms with Crippen LogP contribution in [0.25, 0.3) is 16.8 Å². The average Bonchev–Trinajstić information content (AvgIpc) is 3.29. The highest BCUT2D eigenvalue weighted by Gasteiger charge is 2.31. The van der Waals surface area contributed by atoms with Crippen molar-refractivity contribution in [3.63, 3.8) is 0 Å². The zero-order chi connectivity index (χ0) is 18.9. The number of hydrogen-bond acceptors (Lipinski definition) is 5. The number of anilines is 1. The minimum absolute atomic E-state index is 0.269. The quantitative estimate of drug-likeness (QED) is 0.523. The maximum Gasteiger partial charge on any atom is 0.573 e. The number of hydrogen-bond donors (Lipinski definition) is 1. The van der Waals surface area contributed by atoms with E-state index in [0.717, 1.165) is 5.82 Å². The van der Waals surface area contributed by atoms with Gasteiger partial charge in [-0.05, 0) is 35.2 Å². The third-order valence-corrected chi connectivity index (χ3v) is 4.70. The lowest BCUT2D eigenvalue weighted by molar-refractivity contribution is -0.274. The molecule has 3 aromatic heterocycles. The van der Waals surface area contributed by atoms with Crippen LogP contribution in [0.2, 0.25) is 0 Å². The first-order chi connectivity index (χ1) is 13.0. The van der Waals surface area contributed by atoms with Crippen molar-refractivity contribution in [3.8, 4) is 16.9 Å². The first-order valence-corrected chi connectivity index (χ1v) is 8.83. The minimum Gasteiger partial charge on any atom is -0.406 e. The number of benzene rings is 1. The molecule has 4 aromatic rings. The monoisotopic (exact) mass is 390 g/mol. The maximum atomic E-state index is 12.3. The highest BCUT2D eigenvalue weighted by Crippen LogP contribution is 2.29. The van der Waals surface area contributed by atoms with E-state index in [1.165, 1.54) is 17.0 Å². The van der Waals surface area contributed by atoms with Gasteiger partial charge in [0.05, 0.1) is 12.7 Å². The van der Waals surface area contributed by atoms with Gasteiger partial charge in [0, 0.05) is 16.6 Å². The van der Waals surface area contributed by atoms with Crippen LogP contribution in [0.15, 0.2) is 60.2 Å². The third kappa shape index (κ3) is 3.87. The summed E-state index contributed by atoms with van der Waals surface area (Å²) in [6, 6.07) is 11.5. The van der Waals surface area contributed by atoms with E-state index < -0.39 is 6.36 Å². The fourth-order valence-corrected chi connectivity index (χ4v) is 3.30. The van der Waals surface area contributed by atoms with Gasteiger partial charge in [0.25, 0.3) is 0 Å². The lowest BCUT2D eigenvalue weighted by Crippen LogP contribution is -2.16. The maximum absolute atomic E-state index is 12.3. The molecule has 0 saturated carbocycles. The molecular weight excluding hydrogens is 377 g/mol. The smallest absolute Gasteiger partial charge is 0.406 e. The summed E-state index contributed by atoms with van der Waals surface area (Å²) in [6.07, 6.45) is -1.41. The summed E-state index contributed by atoms with van der Waals surface area (Å²) in [5, 5.41) is 9.69. The number of rotatable bonds is 5. The molecule has 27 heavy (non-hydrogen) atoms. The normalized spacial score (nSPS) is 11.7. The minimum atomic E-state index is -4.71. The Bertz CT molecular complexity index is 1040. The second-order valence-corrected chi connectivity index (χ2v) is 6.66. The van der Waals surface area contributed by atoms with E-state index >= 15 is 0 Å². The number of halogens is 3. The van der Waals surface area contributed by atoms with Crippen LogP contribution in [0.4, 0.5) is 19.0 Å². The molecule has 0 spiro atoms. The summed E-state index contributed by atoms with van der Waals surface area (Å²) in [5.74, 6) is 0.505. The van der Waals surface area contributed by atoms with E-state index in [2.05, 4.69) is 20.1 Å². The molecule has 9 heteroatoms. The van der Waals surface area contributed by atoms with Gasteiger partial charge in [-0.3, -0.25) is 0 Å². The fourth-order valence-electron chi connectivity index (χ4n) is 2.66. The van der Waals surface area contributed by atoms with E-state index in [9.17, 15) is 13.2 Å². The Kier molecular flexibility index (Phi) is 4.44. The molecule has 3 heterocycles. The Hall–Kier alpha value is -3.07. The third-order valence-electron chi connectivity index (χ3n) is 3.82. The van der Waals surface area contributed by atoms with Crippen molar-refractivity contribution >= 4 is 22.8 Å². The molecular formula is C18H13F3N4OS. The van der Waals surface area contributed by atoms with Gasteiger partial charge in [0.15, 0.2) is 5.65 Å². The lowest BCUT2D eigenvalue weighted by Gasteiger charge is -2.09. The summed E-state index contributed by atoms with van der Waals surface area (Å²) in [6.45, 7) is 0.662. The molecule has 0 bridgehead atoms. The van der Waals surface area contributed by atoms with E-state index in [1.54, 1.807) is 40.4 Å². The number of aromatic nitrogens is 3. The van der Waals surface area contributed by atoms with Crippen LogP contribution in [-0.2, 0) is 6.54 Å². The van der Waals surface area contributed by atoms with Gasteiger partial charge in [-0.15, -0.1) is 24.5 Å². The van der Waals surface area contributed by atoms with E-state index in [-0.39, 0.29) is 5.75 Å². The van der Waals surface area contributed by atoms with E-state index in [1.807, 2.05) is 23.6 Å². The SMILES string of the molecule is FC(F)(F)Oc1ccc(-c2cnn3c(NCc4cccs4)ccnc23)cc1. The van der Waals surface area contributed by atoms with Gasteiger partial charge >= 0.3 is 6.36 Å². The molecule has 138 valence electrons. The summed E-state index contributed by atoms with van der Waals surface area (Å²) in [4.78, 5) is 5.54. The van der Waals surface area contributed by atoms with Crippen molar-refractivity contribution in [1.29, 1.82) is 0 Å². The van der Waals surface area contributed by atoms with Crippen LogP contribution >= 0.6 is 11.3 Å². The van der Waals surface area contributed by atoms with Crippen LogP contribution in [0.5, 0.6) is 5.75 Å². The van der Waals surface area contributed by atoms with E-state index in [4.69, 9.17) is 0 Å². The van der Waals surface area contributed by atoms with Crippen molar-refractivity contribution in [3.05, 3.63) is 65.1 Å².